The normalized spacial score (nSPS) is 11.2. The minimum Gasteiger partial charge on any atom is -0.310 e. The van der Waals surface area contributed by atoms with Crippen LogP contribution >= 0.6 is 0 Å². The zero-order chi connectivity index (χ0) is 17.9. The quantitative estimate of drug-likeness (QED) is 0.933. The fourth-order valence-electron chi connectivity index (χ4n) is 2.31. The average molecular weight is 336 g/mol. The highest BCUT2D eigenvalue weighted by atomic mass is 19.4. The molecule has 2 aromatic rings. The van der Waals surface area contributed by atoms with E-state index in [0.717, 1.165) is 12.1 Å². The fraction of sp³-hybridized carbons (Fsp3) is 0.312. The van der Waals surface area contributed by atoms with Gasteiger partial charge in [0.2, 0.25) is 5.91 Å². The molecule has 1 N–H and O–H groups in total. The number of hydrogen-bond donors (Lipinski definition) is 1. The van der Waals surface area contributed by atoms with E-state index < -0.39 is 17.6 Å². The molecule has 0 aliphatic heterocycles. The maximum atomic E-state index is 12.7. The summed E-state index contributed by atoms with van der Waals surface area (Å²) < 4.78 is 39.5. The van der Waals surface area contributed by atoms with Gasteiger partial charge in [0.1, 0.15) is 17.5 Å². The molecule has 2 rings (SSSR count). The molecule has 0 saturated carbocycles. The van der Waals surface area contributed by atoms with Crippen LogP contribution in [0.15, 0.2) is 24.3 Å². The van der Waals surface area contributed by atoms with Crippen molar-refractivity contribution in [3.05, 3.63) is 46.6 Å². The number of nitrogens with one attached hydrogen (secondary N) is 1. The van der Waals surface area contributed by atoms with Gasteiger partial charge in [0, 0.05) is 7.05 Å². The Bertz CT molecular complexity index is 803. The van der Waals surface area contributed by atoms with Crippen LogP contribution in [0.1, 0.15) is 29.3 Å². The highest BCUT2D eigenvalue weighted by molar-refractivity contribution is 5.92. The molecule has 0 fully saturated rings. The summed E-state index contributed by atoms with van der Waals surface area (Å²) in [5, 5.41) is 15.9. The SMILES string of the molecule is CCc1nn(C)c(NC(=O)Cc2cccc(C(F)(F)F)c2)c1C#N. The molecule has 8 heteroatoms. The number of aromatic nitrogens is 2. The van der Waals surface area contributed by atoms with Gasteiger partial charge in [-0.3, -0.25) is 9.48 Å². The molecule has 0 bridgehead atoms. The smallest absolute Gasteiger partial charge is 0.310 e. The van der Waals surface area contributed by atoms with Crippen molar-refractivity contribution in [1.29, 1.82) is 5.26 Å². The van der Waals surface area contributed by atoms with Gasteiger partial charge in [-0.15, -0.1) is 0 Å². The van der Waals surface area contributed by atoms with E-state index in [0.29, 0.717) is 12.1 Å². The third-order valence-electron chi connectivity index (χ3n) is 3.44. The number of carbonyl (C=O) groups excluding carboxylic acids is 1. The van der Waals surface area contributed by atoms with Crippen molar-refractivity contribution in [1.82, 2.24) is 9.78 Å². The van der Waals surface area contributed by atoms with Gasteiger partial charge in [0.15, 0.2) is 0 Å². The summed E-state index contributed by atoms with van der Waals surface area (Å²) in [6, 6.07) is 6.57. The van der Waals surface area contributed by atoms with Crippen LogP contribution in [0, 0.1) is 11.3 Å². The Morgan fingerprint density at radius 2 is 2.12 bits per heavy atom. The molecule has 0 radical (unpaired) electrons. The van der Waals surface area contributed by atoms with E-state index in [-0.39, 0.29) is 23.4 Å². The topological polar surface area (TPSA) is 70.7 Å². The highest BCUT2D eigenvalue weighted by Crippen LogP contribution is 2.29. The molecule has 24 heavy (non-hydrogen) atoms. The first-order chi connectivity index (χ1) is 11.3. The molecule has 0 atom stereocenters. The summed E-state index contributed by atoms with van der Waals surface area (Å²) in [7, 11) is 1.58. The second-order valence-corrected chi connectivity index (χ2v) is 5.18. The monoisotopic (exact) mass is 336 g/mol. The van der Waals surface area contributed by atoms with Crippen LogP contribution < -0.4 is 5.32 Å². The first kappa shape index (κ1) is 17.5. The number of carbonyl (C=O) groups is 1. The maximum absolute atomic E-state index is 12.7. The van der Waals surface area contributed by atoms with Gasteiger partial charge in [0.05, 0.1) is 17.7 Å². The number of halogens is 3. The highest BCUT2D eigenvalue weighted by Gasteiger charge is 2.30. The van der Waals surface area contributed by atoms with Crippen LogP contribution in [0.5, 0.6) is 0 Å². The van der Waals surface area contributed by atoms with E-state index in [4.69, 9.17) is 0 Å². The van der Waals surface area contributed by atoms with Crippen molar-refractivity contribution in [2.24, 2.45) is 7.05 Å². The second kappa shape index (κ2) is 6.74. The minimum absolute atomic E-state index is 0.235. The van der Waals surface area contributed by atoms with E-state index in [1.54, 1.807) is 7.05 Å². The van der Waals surface area contributed by atoms with Gasteiger partial charge in [-0.25, -0.2) is 0 Å². The molecule has 1 heterocycles. The van der Waals surface area contributed by atoms with Gasteiger partial charge in [-0.2, -0.15) is 23.5 Å². The van der Waals surface area contributed by atoms with Gasteiger partial charge in [0.25, 0.3) is 0 Å². The third-order valence-corrected chi connectivity index (χ3v) is 3.44. The Balaban J connectivity index is 2.18. The Hall–Kier alpha value is -2.82. The third kappa shape index (κ3) is 3.74. The van der Waals surface area contributed by atoms with Crippen LogP contribution in [0.25, 0.3) is 0 Å². The Labute approximate surface area is 136 Å². The molecule has 0 saturated heterocycles. The lowest BCUT2D eigenvalue weighted by Crippen LogP contribution is -2.18. The molecule has 1 aromatic heterocycles. The summed E-state index contributed by atoms with van der Waals surface area (Å²) in [5.41, 5.74) is 0.241. The number of amides is 1. The van der Waals surface area contributed by atoms with E-state index in [1.807, 2.05) is 13.0 Å². The van der Waals surface area contributed by atoms with Crippen molar-refractivity contribution >= 4 is 11.7 Å². The van der Waals surface area contributed by atoms with E-state index in [2.05, 4.69) is 10.4 Å². The van der Waals surface area contributed by atoms with Crippen LogP contribution in [0.3, 0.4) is 0 Å². The molecule has 0 aliphatic rings. The standard InChI is InChI=1S/C16H15F3N4O/c1-3-13-12(9-20)15(23(2)22-13)21-14(24)8-10-5-4-6-11(7-10)16(17,18)19/h4-7H,3,8H2,1-2H3,(H,21,24). The van der Waals surface area contributed by atoms with E-state index in [9.17, 15) is 23.2 Å². The van der Waals surface area contributed by atoms with Crippen molar-refractivity contribution < 1.29 is 18.0 Å². The molecule has 1 amide bonds. The average Bonchev–Trinajstić information content (AvgIpc) is 2.82. The van der Waals surface area contributed by atoms with Gasteiger partial charge >= 0.3 is 6.18 Å². The first-order valence-corrected chi connectivity index (χ1v) is 7.18. The molecule has 0 unspecified atom stereocenters. The largest absolute Gasteiger partial charge is 0.416 e. The number of aryl methyl sites for hydroxylation is 2. The van der Waals surface area contributed by atoms with E-state index >= 15 is 0 Å². The number of hydrogen-bond acceptors (Lipinski definition) is 3. The molecule has 0 aliphatic carbocycles. The van der Waals surface area contributed by atoms with Crippen LogP contribution in [0.2, 0.25) is 0 Å². The molecular weight excluding hydrogens is 321 g/mol. The van der Waals surface area contributed by atoms with Gasteiger partial charge in [-0.1, -0.05) is 25.1 Å². The number of nitrogens with zero attached hydrogens (tertiary/aromatic N) is 3. The Kier molecular flexibility index (Phi) is 4.93. The fourth-order valence-corrected chi connectivity index (χ4v) is 2.31. The Morgan fingerprint density at radius 3 is 2.71 bits per heavy atom. The lowest BCUT2D eigenvalue weighted by Gasteiger charge is -2.09. The number of nitriles is 1. The van der Waals surface area contributed by atoms with Gasteiger partial charge in [-0.05, 0) is 18.1 Å². The van der Waals surface area contributed by atoms with Crippen LogP contribution in [-0.2, 0) is 30.9 Å². The van der Waals surface area contributed by atoms with Crippen molar-refractivity contribution in [2.75, 3.05) is 5.32 Å². The molecular formula is C16H15F3N4O. The summed E-state index contributed by atoms with van der Waals surface area (Å²) in [6.07, 6.45) is -4.17. The molecule has 5 nitrogen and oxygen atoms in total. The number of anilines is 1. The molecule has 126 valence electrons. The predicted octanol–water partition coefficient (Wildman–Crippen LogP) is 3.05. The lowest BCUT2D eigenvalue weighted by molar-refractivity contribution is -0.137. The van der Waals surface area contributed by atoms with Crippen LogP contribution in [0.4, 0.5) is 19.0 Å². The minimum atomic E-state index is -4.46. The van der Waals surface area contributed by atoms with Crippen molar-refractivity contribution in [2.45, 2.75) is 25.9 Å². The molecule has 0 spiro atoms. The summed E-state index contributed by atoms with van der Waals surface area (Å²) in [6.45, 7) is 1.83. The maximum Gasteiger partial charge on any atom is 0.416 e. The Morgan fingerprint density at radius 1 is 1.42 bits per heavy atom. The summed E-state index contributed by atoms with van der Waals surface area (Å²) in [4.78, 5) is 12.1. The number of rotatable bonds is 4. The molecule has 1 aromatic carbocycles. The summed E-state index contributed by atoms with van der Waals surface area (Å²) in [5.74, 6) is -0.275. The summed E-state index contributed by atoms with van der Waals surface area (Å²) >= 11 is 0. The van der Waals surface area contributed by atoms with Crippen molar-refractivity contribution in [3.8, 4) is 6.07 Å². The predicted molar refractivity (Wildman–Crippen MR) is 81.1 cm³/mol. The lowest BCUT2D eigenvalue weighted by atomic mass is 10.1. The second-order valence-electron chi connectivity index (χ2n) is 5.18. The zero-order valence-electron chi connectivity index (χ0n) is 13.1. The van der Waals surface area contributed by atoms with Crippen molar-refractivity contribution in [3.63, 3.8) is 0 Å². The van der Waals surface area contributed by atoms with Crippen LogP contribution in [-0.4, -0.2) is 15.7 Å². The number of benzene rings is 1. The van der Waals surface area contributed by atoms with E-state index in [1.165, 1.54) is 16.8 Å². The zero-order valence-corrected chi connectivity index (χ0v) is 13.1. The number of alkyl halides is 3. The first-order valence-electron chi connectivity index (χ1n) is 7.18. The van der Waals surface area contributed by atoms with Gasteiger partial charge < -0.3 is 5.32 Å².